The highest BCUT2D eigenvalue weighted by Crippen LogP contribution is 2.08. The molecule has 1 aromatic carbocycles. The van der Waals surface area contributed by atoms with Crippen LogP contribution in [0.3, 0.4) is 0 Å². The molecule has 1 rings (SSSR count). The van der Waals surface area contributed by atoms with E-state index in [2.05, 4.69) is 15.7 Å². The lowest BCUT2D eigenvalue weighted by Gasteiger charge is -2.05. The molecule has 1 aromatic rings. The molecular weight excluding hydrogens is 246 g/mol. The van der Waals surface area contributed by atoms with Crippen LogP contribution in [0.5, 0.6) is 0 Å². The van der Waals surface area contributed by atoms with E-state index in [1.165, 1.54) is 0 Å². The maximum atomic E-state index is 11.5. The number of carbonyl (C=O) groups is 1. The Morgan fingerprint density at radius 2 is 2.00 bits per heavy atom. The van der Waals surface area contributed by atoms with E-state index in [-0.39, 0.29) is 18.0 Å². The highest BCUT2D eigenvalue weighted by molar-refractivity contribution is 6.65. The first-order valence-electron chi connectivity index (χ1n) is 5.85. The van der Waals surface area contributed by atoms with Gasteiger partial charge in [0.25, 0.3) is 0 Å². The van der Waals surface area contributed by atoms with Gasteiger partial charge < -0.3 is 9.94 Å². The summed E-state index contributed by atoms with van der Waals surface area (Å²) >= 11 is 0. The van der Waals surface area contributed by atoms with Gasteiger partial charge >= 0.3 is 5.97 Å². The molecule has 0 atom stereocenters. The Morgan fingerprint density at radius 1 is 1.37 bits per heavy atom. The third-order valence-corrected chi connectivity index (χ3v) is 2.32. The number of ether oxygens (including phenoxy) is 1. The predicted octanol–water partition coefficient (Wildman–Crippen LogP) is 2.18. The molecule has 19 heavy (non-hydrogen) atoms. The molecule has 6 nitrogen and oxygen atoms in total. The molecule has 0 saturated carbocycles. The van der Waals surface area contributed by atoms with Gasteiger partial charge in [-0.3, -0.25) is 5.43 Å². The van der Waals surface area contributed by atoms with Crippen molar-refractivity contribution in [1.29, 1.82) is 0 Å². The fourth-order valence-electron chi connectivity index (χ4n) is 1.29. The maximum Gasteiger partial charge on any atom is 0.362 e. The van der Waals surface area contributed by atoms with Crippen molar-refractivity contribution in [1.82, 2.24) is 0 Å². The Kier molecular flexibility index (Phi) is 5.53. The molecule has 0 saturated heterocycles. The smallest absolute Gasteiger partial charge is 0.362 e. The van der Waals surface area contributed by atoms with E-state index < -0.39 is 5.97 Å². The summed E-state index contributed by atoms with van der Waals surface area (Å²) in [5, 5.41) is 15.7. The van der Waals surface area contributed by atoms with Gasteiger partial charge in [0.2, 0.25) is 5.71 Å². The Balaban J connectivity index is 2.75. The van der Waals surface area contributed by atoms with Crippen molar-refractivity contribution in [3.63, 3.8) is 0 Å². The SMILES string of the molecule is CCOC(=O)C(=N\O)/C(C)=N/Nc1ccc(C)cc1. The van der Waals surface area contributed by atoms with Crippen LogP contribution in [0.4, 0.5) is 5.69 Å². The molecule has 0 spiro atoms. The normalized spacial score (nSPS) is 12.2. The zero-order valence-corrected chi connectivity index (χ0v) is 11.2. The summed E-state index contributed by atoms with van der Waals surface area (Å²) in [4.78, 5) is 11.5. The fourth-order valence-corrected chi connectivity index (χ4v) is 1.29. The summed E-state index contributed by atoms with van der Waals surface area (Å²) in [5.74, 6) is -0.711. The number of nitrogens with one attached hydrogen (secondary N) is 1. The topological polar surface area (TPSA) is 83.3 Å². The summed E-state index contributed by atoms with van der Waals surface area (Å²) in [7, 11) is 0. The first kappa shape index (κ1) is 14.7. The fraction of sp³-hybridized carbons (Fsp3) is 0.308. The zero-order chi connectivity index (χ0) is 14.3. The summed E-state index contributed by atoms with van der Waals surface area (Å²) in [5.41, 5.74) is 4.69. The molecular formula is C13H17N3O3. The van der Waals surface area contributed by atoms with Gasteiger partial charge in [-0.2, -0.15) is 5.10 Å². The summed E-state index contributed by atoms with van der Waals surface area (Å²) in [6, 6.07) is 7.57. The van der Waals surface area contributed by atoms with E-state index in [1.54, 1.807) is 13.8 Å². The number of rotatable bonds is 5. The quantitative estimate of drug-likeness (QED) is 0.369. The molecule has 0 heterocycles. The third-order valence-electron chi connectivity index (χ3n) is 2.32. The molecule has 0 bridgehead atoms. The molecule has 0 aromatic heterocycles. The molecule has 0 aliphatic heterocycles. The average Bonchev–Trinajstić information content (AvgIpc) is 2.39. The van der Waals surface area contributed by atoms with Crippen LogP contribution in [0.1, 0.15) is 19.4 Å². The number of hydrazone groups is 1. The minimum absolute atomic E-state index is 0.205. The average molecular weight is 263 g/mol. The molecule has 0 amide bonds. The number of nitrogens with zero attached hydrogens (tertiary/aromatic N) is 2. The van der Waals surface area contributed by atoms with Crippen LogP contribution >= 0.6 is 0 Å². The van der Waals surface area contributed by atoms with Gasteiger partial charge in [0, 0.05) is 0 Å². The van der Waals surface area contributed by atoms with Crippen LogP contribution < -0.4 is 5.43 Å². The van der Waals surface area contributed by atoms with Gasteiger partial charge in [0.1, 0.15) is 0 Å². The highest BCUT2D eigenvalue weighted by atomic mass is 16.5. The zero-order valence-electron chi connectivity index (χ0n) is 11.2. The monoisotopic (exact) mass is 263 g/mol. The number of esters is 1. The van der Waals surface area contributed by atoms with E-state index in [0.29, 0.717) is 0 Å². The lowest BCUT2D eigenvalue weighted by Crippen LogP contribution is -2.25. The van der Waals surface area contributed by atoms with Gasteiger partial charge in [0.15, 0.2) is 0 Å². The maximum absolute atomic E-state index is 11.5. The lowest BCUT2D eigenvalue weighted by atomic mass is 10.2. The van der Waals surface area contributed by atoms with Crippen molar-refractivity contribution < 1.29 is 14.7 Å². The van der Waals surface area contributed by atoms with Crippen molar-refractivity contribution in [2.75, 3.05) is 12.0 Å². The van der Waals surface area contributed by atoms with Crippen molar-refractivity contribution in [2.45, 2.75) is 20.8 Å². The van der Waals surface area contributed by atoms with Crippen LogP contribution in [0.15, 0.2) is 34.5 Å². The number of benzene rings is 1. The predicted molar refractivity (Wildman–Crippen MR) is 73.8 cm³/mol. The Morgan fingerprint density at radius 3 is 2.53 bits per heavy atom. The number of oxime groups is 1. The van der Waals surface area contributed by atoms with E-state index >= 15 is 0 Å². The summed E-state index contributed by atoms with van der Waals surface area (Å²) in [6.07, 6.45) is 0. The Labute approximate surface area is 111 Å². The highest BCUT2D eigenvalue weighted by Gasteiger charge is 2.16. The number of anilines is 1. The van der Waals surface area contributed by atoms with Crippen LogP contribution in [0.2, 0.25) is 0 Å². The van der Waals surface area contributed by atoms with Gasteiger partial charge in [-0.25, -0.2) is 4.79 Å². The van der Waals surface area contributed by atoms with Gasteiger partial charge in [-0.1, -0.05) is 22.9 Å². The molecule has 2 N–H and O–H groups in total. The molecule has 0 radical (unpaired) electrons. The second-order valence-corrected chi connectivity index (χ2v) is 3.84. The van der Waals surface area contributed by atoms with Crippen LogP contribution in [-0.4, -0.2) is 29.2 Å². The van der Waals surface area contributed by atoms with E-state index in [1.807, 2.05) is 31.2 Å². The molecule has 0 unspecified atom stereocenters. The Bertz CT molecular complexity index is 492. The molecule has 0 fully saturated rings. The Hall–Kier alpha value is -2.37. The second kappa shape index (κ2) is 7.15. The van der Waals surface area contributed by atoms with Gasteiger partial charge in [-0.05, 0) is 32.9 Å². The van der Waals surface area contributed by atoms with Crippen LogP contribution in [-0.2, 0) is 9.53 Å². The van der Waals surface area contributed by atoms with Crippen LogP contribution in [0.25, 0.3) is 0 Å². The number of hydrogen-bond donors (Lipinski definition) is 2. The van der Waals surface area contributed by atoms with Crippen LogP contribution in [0, 0.1) is 6.92 Å². The minimum atomic E-state index is -0.711. The number of hydrogen-bond acceptors (Lipinski definition) is 6. The van der Waals surface area contributed by atoms with Crippen molar-refractivity contribution in [3.05, 3.63) is 29.8 Å². The standard InChI is InChI=1S/C13H17N3O3/c1-4-19-13(17)12(16-18)10(3)14-15-11-7-5-9(2)6-8-11/h5-8,15,18H,4H2,1-3H3/b14-10+,16-12-. The lowest BCUT2D eigenvalue weighted by molar-refractivity contribution is -0.134. The van der Waals surface area contributed by atoms with Gasteiger partial charge in [0.05, 0.1) is 18.0 Å². The molecule has 6 heteroatoms. The molecule has 102 valence electrons. The van der Waals surface area contributed by atoms with E-state index in [9.17, 15) is 4.79 Å². The van der Waals surface area contributed by atoms with Crippen molar-refractivity contribution >= 4 is 23.1 Å². The largest absolute Gasteiger partial charge is 0.461 e. The van der Waals surface area contributed by atoms with Crippen molar-refractivity contribution in [3.8, 4) is 0 Å². The summed E-state index contributed by atoms with van der Waals surface area (Å²) in [6.45, 7) is 5.41. The molecule has 0 aliphatic carbocycles. The minimum Gasteiger partial charge on any atom is -0.461 e. The third kappa shape index (κ3) is 4.42. The molecule has 0 aliphatic rings. The second-order valence-electron chi connectivity index (χ2n) is 3.84. The van der Waals surface area contributed by atoms with E-state index in [0.717, 1.165) is 11.3 Å². The summed E-state index contributed by atoms with van der Waals surface area (Å²) < 4.78 is 4.75. The first-order chi connectivity index (χ1) is 9.08. The number of aryl methyl sites for hydroxylation is 1. The van der Waals surface area contributed by atoms with Crippen molar-refractivity contribution in [2.24, 2.45) is 10.3 Å². The van der Waals surface area contributed by atoms with E-state index in [4.69, 9.17) is 9.94 Å². The van der Waals surface area contributed by atoms with Gasteiger partial charge in [-0.15, -0.1) is 0 Å². The number of carbonyl (C=O) groups excluding carboxylic acids is 1. The first-order valence-corrected chi connectivity index (χ1v) is 5.85.